The van der Waals surface area contributed by atoms with Crippen molar-refractivity contribution in [3.63, 3.8) is 0 Å². The number of nitrogens with zero attached hydrogens (tertiary/aromatic N) is 2. The van der Waals surface area contributed by atoms with Gasteiger partial charge in [-0.3, -0.25) is 4.57 Å². The molecule has 1 aliphatic heterocycles. The standard InChI is InChI=1S/C12H17FN2O4/c1-7-4-5-15(12(16)14-7)11-9(13)10(18-3)8(19-11)6-17-2/h4-5,8-11H,6H2,1-3H3/t8-,9-,10-,11-/m1/s1/i6D2. The summed E-state index contributed by atoms with van der Waals surface area (Å²) < 4.78 is 45.9. The second-order valence-electron chi connectivity index (χ2n) is 4.17. The fourth-order valence-corrected chi connectivity index (χ4v) is 2.01. The second-order valence-corrected chi connectivity index (χ2v) is 4.17. The molecule has 1 aromatic heterocycles. The van der Waals surface area contributed by atoms with E-state index in [0.29, 0.717) is 5.69 Å². The third-order valence-corrected chi connectivity index (χ3v) is 2.92. The molecule has 106 valence electrons. The zero-order chi connectivity index (χ0) is 15.8. The van der Waals surface area contributed by atoms with Gasteiger partial charge in [-0.05, 0) is 13.0 Å². The van der Waals surface area contributed by atoms with Gasteiger partial charge in [-0.1, -0.05) is 0 Å². The molecular weight excluding hydrogens is 255 g/mol. The minimum atomic E-state index is -2.25. The summed E-state index contributed by atoms with van der Waals surface area (Å²) in [7, 11) is 2.40. The van der Waals surface area contributed by atoms with Gasteiger partial charge >= 0.3 is 5.69 Å². The monoisotopic (exact) mass is 274 g/mol. The molecule has 0 saturated carbocycles. The van der Waals surface area contributed by atoms with Crippen molar-refractivity contribution in [2.45, 2.75) is 31.5 Å². The van der Waals surface area contributed by atoms with Crippen molar-refractivity contribution in [1.29, 1.82) is 0 Å². The van der Waals surface area contributed by atoms with E-state index in [2.05, 4.69) is 4.98 Å². The number of hydrogen-bond acceptors (Lipinski definition) is 5. The van der Waals surface area contributed by atoms with Crippen LogP contribution in [0.15, 0.2) is 17.1 Å². The summed E-state index contributed by atoms with van der Waals surface area (Å²) in [6.45, 7) is -0.611. The van der Waals surface area contributed by atoms with Crippen LogP contribution in [0.2, 0.25) is 0 Å². The zero-order valence-corrected chi connectivity index (χ0v) is 10.9. The van der Waals surface area contributed by atoms with Crippen LogP contribution in [0, 0.1) is 6.92 Å². The van der Waals surface area contributed by atoms with Gasteiger partial charge in [0, 0.05) is 26.1 Å². The van der Waals surface area contributed by atoms with E-state index >= 15 is 0 Å². The highest BCUT2D eigenvalue weighted by Gasteiger charge is 2.46. The summed E-state index contributed by atoms with van der Waals surface area (Å²) in [5, 5.41) is 0. The van der Waals surface area contributed by atoms with E-state index in [4.69, 9.17) is 17.0 Å². The lowest BCUT2D eigenvalue weighted by molar-refractivity contribution is -0.0625. The van der Waals surface area contributed by atoms with Gasteiger partial charge in [-0.15, -0.1) is 0 Å². The average Bonchev–Trinajstić information content (AvgIpc) is 2.76. The van der Waals surface area contributed by atoms with Gasteiger partial charge in [0.15, 0.2) is 12.4 Å². The fourth-order valence-electron chi connectivity index (χ4n) is 2.01. The van der Waals surface area contributed by atoms with Crippen molar-refractivity contribution in [2.24, 2.45) is 0 Å². The molecule has 0 N–H and O–H groups in total. The zero-order valence-electron chi connectivity index (χ0n) is 12.9. The Labute approximate surface area is 112 Å². The molecule has 0 unspecified atom stereocenters. The van der Waals surface area contributed by atoms with Gasteiger partial charge in [0.25, 0.3) is 0 Å². The predicted octanol–water partition coefficient (Wildman–Crippen LogP) is 0.449. The Morgan fingerprint density at radius 3 is 2.95 bits per heavy atom. The molecule has 19 heavy (non-hydrogen) atoms. The molecule has 0 radical (unpaired) electrons. The summed E-state index contributed by atoms with van der Waals surface area (Å²) in [6, 6.07) is 1.54. The molecule has 1 fully saturated rings. The first kappa shape index (κ1) is 11.5. The summed E-state index contributed by atoms with van der Waals surface area (Å²) >= 11 is 0. The molecule has 0 spiro atoms. The Balaban J connectivity index is 2.37. The molecular formula is C12H17FN2O4. The van der Waals surface area contributed by atoms with Crippen LogP contribution >= 0.6 is 0 Å². The van der Waals surface area contributed by atoms with Crippen LogP contribution in [0.25, 0.3) is 0 Å². The van der Waals surface area contributed by atoms with Crippen molar-refractivity contribution >= 4 is 0 Å². The van der Waals surface area contributed by atoms with Crippen LogP contribution in [0.3, 0.4) is 0 Å². The molecule has 6 nitrogen and oxygen atoms in total. The molecule has 0 aliphatic carbocycles. The van der Waals surface area contributed by atoms with Crippen LogP contribution in [0.1, 0.15) is 14.7 Å². The van der Waals surface area contributed by atoms with Crippen molar-refractivity contribution in [2.75, 3.05) is 20.8 Å². The van der Waals surface area contributed by atoms with E-state index < -0.39 is 36.9 Å². The predicted molar refractivity (Wildman–Crippen MR) is 64.7 cm³/mol. The van der Waals surface area contributed by atoms with Gasteiger partial charge in [-0.25, -0.2) is 9.18 Å². The molecule has 4 atom stereocenters. The SMILES string of the molecule is [2H]C([2H])(OC)[C@H]1O[C@@H](n2ccc(C)nc2=O)[C@H](F)[C@@H]1OC. The normalized spacial score (nSPS) is 33.1. The summed E-state index contributed by atoms with van der Waals surface area (Å²) in [6.07, 6.45) is -4.18. The Kier molecular flexibility index (Phi) is 3.49. The van der Waals surface area contributed by atoms with Gasteiger partial charge in [-0.2, -0.15) is 4.98 Å². The highest BCUT2D eigenvalue weighted by Crippen LogP contribution is 2.32. The number of halogens is 1. The maximum Gasteiger partial charge on any atom is 0.349 e. The number of alkyl halides is 1. The minimum absolute atomic E-state index is 0.497. The van der Waals surface area contributed by atoms with E-state index in [9.17, 15) is 9.18 Å². The number of aromatic nitrogens is 2. The molecule has 2 heterocycles. The van der Waals surface area contributed by atoms with Crippen LogP contribution in [-0.4, -0.2) is 48.7 Å². The van der Waals surface area contributed by atoms with E-state index in [1.165, 1.54) is 19.4 Å². The Hall–Kier alpha value is -1.31. The first-order chi connectivity index (χ1) is 9.81. The molecule has 0 amide bonds. The van der Waals surface area contributed by atoms with E-state index in [1.54, 1.807) is 6.92 Å². The lowest BCUT2D eigenvalue weighted by atomic mass is 10.1. The van der Waals surface area contributed by atoms with E-state index in [-0.39, 0.29) is 0 Å². The molecule has 2 rings (SSSR count). The van der Waals surface area contributed by atoms with Gasteiger partial charge < -0.3 is 14.2 Å². The van der Waals surface area contributed by atoms with Crippen LogP contribution in [0.5, 0.6) is 0 Å². The van der Waals surface area contributed by atoms with E-state index in [0.717, 1.165) is 11.7 Å². The number of hydrogen-bond donors (Lipinski definition) is 0. The Bertz CT molecular complexity index is 568. The second kappa shape index (κ2) is 5.77. The third-order valence-electron chi connectivity index (χ3n) is 2.92. The smallest absolute Gasteiger partial charge is 0.349 e. The van der Waals surface area contributed by atoms with Crippen molar-refractivity contribution in [3.05, 3.63) is 28.4 Å². The topological polar surface area (TPSA) is 62.6 Å². The Morgan fingerprint density at radius 2 is 2.37 bits per heavy atom. The highest BCUT2D eigenvalue weighted by atomic mass is 19.1. The Morgan fingerprint density at radius 1 is 1.63 bits per heavy atom. The van der Waals surface area contributed by atoms with Gasteiger partial charge in [0.05, 0.1) is 9.30 Å². The molecule has 7 heteroatoms. The largest absolute Gasteiger partial charge is 0.382 e. The first-order valence-electron chi connectivity index (χ1n) is 6.75. The van der Waals surface area contributed by atoms with Crippen LogP contribution in [-0.2, 0) is 14.2 Å². The van der Waals surface area contributed by atoms with Crippen molar-refractivity contribution in [3.8, 4) is 0 Å². The summed E-state index contributed by atoms with van der Waals surface area (Å²) in [5.74, 6) is 0. The molecule has 0 aromatic carbocycles. The fraction of sp³-hybridized carbons (Fsp3) is 0.667. The van der Waals surface area contributed by atoms with Crippen molar-refractivity contribution in [1.82, 2.24) is 9.55 Å². The van der Waals surface area contributed by atoms with Crippen LogP contribution < -0.4 is 5.69 Å². The summed E-state index contributed by atoms with van der Waals surface area (Å²) in [5.41, 5.74) is -0.173. The minimum Gasteiger partial charge on any atom is -0.382 e. The quantitative estimate of drug-likeness (QED) is 0.797. The number of rotatable bonds is 4. The van der Waals surface area contributed by atoms with Gasteiger partial charge in [0.2, 0.25) is 0 Å². The molecule has 1 saturated heterocycles. The van der Waals surface area contributed by atoms with Gasteiger partial charge in [0.1, 0.15) is 12.2 Å². The maximum absolute atomic E-state index is 14.5. The summed E-state index contributed by atoms with van der Waals surface area (Å²) in [4.78, 5) is 15.5. The maximum atomic E-state index is 14.5. The lowest BCUT2D eigenvalue weighted by Gasteiger charge is -2.16. The molecule has 0 bridgehead atoms. The lowest BCUT2D eigenvalue weighted by Crippen LogP contribution is -2.35. The van der Waals surface area contributed by atoms with Crippen molar-refractivity contribution < 1.29 is 21.3 Å². The number of aryl methyl sites for hydroxylation is 1. The first-order valence-corrected chi connectivity index (χ1v) is 5.75. The van der Waals surface area contributed by atoms with Crippen LogP contribution in [0.4, 0.5) is 4.39 Å². The molecule has 1 aliphatic rings. The number of ether oxygens (including phenoxy) is 3. The third kappa shape index (κ3) is 2.68. The average molecular weight is 274 g/mol. The highest BCUT2D eigenvalue weighted by molar-refractivity contribution is 4.99. The van der Waals surface area contributed by atoms with E-state index in [1.807, 2.05) is 0 Å². The molecule has 1 aromatic rings. The number of methoxy groups -OCH3 is 2.